The van der Waals surface area contributed by atoms with E-state index >= 15 is 0 Å². The van der Waals surface area contributed by atoms with Gasteiger partial charge in [-0.05, 0) is 18.6 Å². The summed E-state index contributed by atoms with van der Waals surface area (Å²) in [6.45, 7) is 2.02. The molecule has 1 aliphatic rings. The summed E-state index contributed by atoms with van der Waals surface area (Å²) in [5, 5.41) is 0.463. The van der Waals surface area contributed by atoms with Crippen molar-refractivity contribution in [1.29, 1.82) is 0 Å². The van der Waals surface area contributed by atoms with Gasteiger partial charge in [-0.15, -0.1) is 0 Å². The molecule has 0 saturated carbocycles. The van der Waals surface area contributed by atoms with Crippen molar-refractivity contribution in [2.75, 3.05) is 23.0 Å². The van der Waals surface area contributed by atoms with Crippen molar-refractivity contribution >= 4 is 29.3 Å². The van der Waals surface area contributed by atoms with E-state index in [2.05, 4.69) is 11.1 Å². The molecular weight excluding hydrogens is 238 g/mol. The maximum Gasteiger partial charge on any atom is 0.128 e. The van der Waals surface area contributed by atoms with Crippen LogP contribution in [0.15, 0.2) is 12.3 Å². The van der Waals surface area contributed by atoms with Crippen molar-refractivity contribution in [2.24, 2.45) is 5.73 Å². The molecule has 1 aromatic heterocycles. The lowest BCUT2D eigenvalue weighted by Gasteiger charge is -2.27. The minimum Gasteiger partial charge on any atom is -0.383 e. The van der Waals surface area contributed by atoms with Crippen LogP contribution in [-0.4, -0.2) is 27.5 Å². The van der Waals surface area contributed by atoms with Crippen LogP contribution < -0.4 is 11.5 Å². The SMILES string of the molecule is Cc1cnc(N)c(C(N)C2CSCCS2)c1. The van der Waals surface area contributed by atoms with Crippen LogP contribution in [0.5, 0.6) is 0 Å². The summed E-state index contributed by atoms with van der Waals surface area (Å²) in [5.41, 5.74) is 14.3. The minimum atomic E-state index is 0.00481. The molecule has 0 spiro atoms. The lowest BCUT2D eigenvalue weighted by Crippen LogP contribution is -2.29. The zero-order valence-corrected chi connectivity index (χ0v) is 11.0. The Labute approximate surface area is 105 Å². The van der Waals surface area contributed by atoms with Gasteiger partial charge in [0.1, 0.15) is 5.82 Å². The van der Waals surface area contributed by atoms with Gasteiger partial charge >= 0.3 is 0 Å². The fourth-order valence-corrected chi connectivity index (χ4v) is 4.58. The summed E-state index contributed by atoms with van der Waals surface area (Å²) in [6.07, 6.45) is 1.79. The number of aromatic nitrogens is 1. The smallest absolute Gasteiger partial charge is 0.128 e. The zero-order chi connectivity index (χ0) is 11.5. The standard InChI is InChI=1S/C11H17N3S2/c1-7-4-8(11(13)14-5-7)10(12)9-6-15-2-3-16-9/h4-5,9-10H,2-3,6,12H2,1H3,(H2,13,14). The second-order valence-corrected chi connectivity index (χ2v) is 6.49. The highest BCUT2D eigenvalue weighted by atomic mass is 32.2. The molecule has 1 aromatic rings. The second-order valence-electron chi connectivity index (χ2n) is 4.00. The highest BCUT2D eigenvalue weighted by Gasteiger charge is 2.24. The molecule has 0 bridgehead atoms. The number of pyridine rings is 1. The number of nitrogens with two attached hydrogens (primary N) is 2. The number of anilines is 1. The summed E-state index contributed by atoms with van der Waals surface area (Å²) in [7, 11) is 0. The molecule has 1 saturated heterocycles. The van der Waals surface area contributed by atoms with Gasteiger partial charge in [-0.2, -0.15) is 23.5 Å². The van der Waals surface area contributed by atoms with E-state index in [0.29, 0.717) is 11.1 Å². The Hall–Kier alpha value is -0.390. The predicted molar refractivity (Wildman–Crippen MR) is 73.9 cm³/mol. The van der Waals surface area contributed by atoms with Crippen LogP contribution in [0.4, 0.5) is 5.82 Å². The Bertz CT molecular complexity index is 364. The minimum absolute atomic E-state index is 0.00481. The molecule has 2 atom stereocenters. The first kappa shape index (κ1) is 12.1. The van der Waals surface area contributed by atoms with Gasteiger partial charge in [0.05, 0.1) is 0 Å². The highest BCUT2D eigenvalue weighted by Crippen LogP contribution is 2.33. The van der Waals surface area contributed by atoms with Gasteiger partial charge in [0.15, 0.2) is 0 Å². The van der Waals surface area contributed by atoms with Gasteiger partial charge in [-0.25, -0.2) is 4.98 Å². The molecule has 4 N–H and O–H groups in total. The van der Waals surface area contributed by atoms with Crippen LogP contribution in [0.1, 0.15) is 17.2 Å². The third kappa shape index (κ3) is 2.64. The molecular formula is C11H17N3S2. The zero-order valence-electron chi connectivity index (χ0n) is 9.35. The Morgan fingerprint density at radius 3 is 3.00 bits per heavy atom. The summed E-state index contributed by atoms with van der Waals surface area (Å²) in [5.74, 6) is 4.10. The number of hydrogen-bond donors (Lipinski definition) is 2. The Kier molecular flexibility index (Phi) is 4.00. The van der Waals surface area contributed by atoms with E-state index in [4.69, 9.17) is 11.5 Å². The van der Waals surface area contributed by atoms with E-state index < -0.39 is 0 Å². The largest absolute Gasteiger partial charge is 0.383 e. The van der Waals surface area contributed by atoms with E-state index in [1.807, 2.05) is 30.4 Å². The summed E-state index contributed by atoms with van der Waals surface area (Å²) in [6, 6.07) is 2.07. The van der Waals surface area contributed by atoms with Crippen molar-refractivity contribution in [1.82, 2.24) is 4.98 Å². The Morgan fingerprint density at radius 2 is 2.31 bits per heavy atom. The van der Waals surface area contributed by atoms with Crippen molar-refractivity contribution < 1.29 is 0 Å². The maximum atomic E-state index is 6.29. The molecule has 0 amide bonds. The molecule has 1 fully saturated rings. The van der Waals surface area contributed by atoms with Crippen LogP contribution in [-0.2, 0) is 0 Å². The van der Waals surface area contributed by atoms with Crippen molar-refractivity contribution in [3.63, 3.8) is 0 Å². The van der Waals surface area contributed by atoms with E-state index in [9.17, 15) is 0 Å². The van der Waals surface area contributed by atoms with Gasteiger partial charge in [0.2, 0.25) is 0 Å². The summed E-state index contributed by atoms with van der Waals surface area (Å²) >= 11 is 3.93. The first-order chi connectivity index (χ1) is 7.68. The second kappa shape index (κ2) is 5.29. The molecule has 0 aromatic carbocycles. The van der Waals surface area contributed by atoms with Gasteiger partial charge in [-0.1, -0.05) is 0 Å². The van der Waals surface area contributed by atoms with Crippen LogP contribution in [0.2, 0.25) is 0 Å². The quantitative estimate of drug-likeness (QED) is 0.844. The highest BCUT2D eigenvalue weighted by molar-refractivity contribution is 8.06. The van der Waals surface area contributed by atoms with E-state index in [0.717, 1.165) is 16.9 Å². The predicted octanol–water partition coefficient (Wildman–Crippen LogP) is 1.82. The first-order valence-corrected chi connectivity index (χ1v) is 7.56. The number of hydrogen-bond acceptors (Lipinski definition) is 5. The normalized spacial score (nSPS) is 23.0. The molecule has 3 nitrogen and oxygen atoms in total. The van der Waals surface area contributed by atoms with Crippen molar-refractivity contribution in [2.45, 2.75) is 18.2 Å². The number of aryl methyl sites for hydroxylation is 1. The third-order valence-corrected chi connectivity index (χ3v) is 5.57. The summed E-state index contributed by atoms with van der Waals surface area (Å²) < 4.78 is 0. The van der Waals surface area contributed by atoms with E-state index in [1.165, 1.54) is 11.5 Å². The Balaban J connectivity index is 2.18. The average molecular weight is 255 g/mol. The average Bonchev–Trinajstić information content (AvgIpc) is 2.32. The van der Waals surface area contributed by atoms with Crippen LogP contribution in [0.3, 0.4) is 0 Å². The van der Waals surface area contributed by atoms with Crippen LogP contribution in [0.25, 0.3) is 0 Å². The van der Waals surface area contributed by atoms with Crippen molar-refractivity contribution in [3.8, 4) is 0 Å². The maximum absolute atomic E-state index is 6.29. The number of nitrogens with zero attached hydrogens (tertiary/aromatic N) is 1. The first-order valence-electron chi connectivity index (χ1n) is 5.35. The fraction of sp³-hybridized carbons (Fsp3) is 0.545. The number of nitrogen functional groups attached to an aromatic ring is 1. The van der Waals surface area contributed by atoms with Crippen LogP contribution in [0, 0.1) is 6.92 Å². The molecule has 88 valence electrons. The fourth-order valence-electron chi connectivity index (χ4n) is 1.78. The molecule has 0 radical (unpaired) electrons. The van der Waals surface area contributed by atoms with Crippen LogP contribution >= 0.6 is 23.5 Å². The summed E-state index contributed by atoms with van der Waals surface area (Å²) in [4.78, 5) is 4.18. The van der Waals surface area contributed by atoms with Crippen molar-refractivity contribution in [3.05, 3.63) is 23.4 Å². The molecule has 2 heterocycles. The van der Waals surface area contributed by atoms with Gasteiger partial charge in [0.25, 0.3) is 0 Å². The van der Waals surface area contributed by atoms with E-state index in [-0.39, 0.29) is 6.04 Å². The Morgan fingerprint density at radius 1 is 1.50 bits per heavy atom. The monoisotopic (exact) mass is 255 g/mol. The number of thioether (sulfide) groups is 2. The molecule has 2 rings (SSSR count). The molecule has 2 unspecified atom stereocenters. The van der Waals surface area contributed by atoms with Gasteiger partial charge in [-0.3, -0.25) is 0 Å². The number of rotatable bonds is 2. The molecule has 16 heavy (non-hydrogen) atoms. The third-order valence-electron chi connectivity index (χ3n) is 2.69. The molecule has 5 heteroatoms. The molecule has 1 aliphatic heterocycles. The van der Waals surface area contributed by atoms with Gasteiger partial charge < -0.3 is 11.5 Å². The van der Waals surface area contributed by atoms with E-state index in [1.54, 1.807) is 6.20 Å². The lowest BCUT2D eigenvalue weighted by atomic mass is 10.0. The molecule has 0 aliphatic carbocycles. The topological polar surface area (TPSA) is 64.9 Å². The van der Waals surface area contributed by atoms with Gasteiger partial charge in [0, 0.05) is 40.3 Å². The lowest BCUT2D eigenvalue weighted by molar-refractivity contribution is 0.718.